The molecule has 0 bridgehead atoms. The summed E-state index contributed by atoms with van der Waals surface area (Å²) in [5.41, 5.74) is -0.432. The molecule has 2 saturated heterocycles. The van der Waals surface area contributed by atoms with Gasteiger partial charge in [0, 0.05) is 19.1 Å². The van der Waals surface area contributed by atoms with Gasteiger partial charge < -0.3 is 14.5 Å². The zero-order chi connectivity index (χ0) is 15.7. The first-order valence-electron chi connectivity index (χ1n) is 7.54. The SMILES string of the molecule is CCC1(C(=O)N(CCN(C)C)C2CCS(=O)(=O)C2)COC1. The fourth-order valence-corrected chi connectivity index (χ4v) is 4.64. The van der Waals surface area contributed by atoms with Crippen LogP contribution in [0, 0.1) is 5.41 Å². The van der Waals surface area contributed by atoms with Gasteiger partial charge in [-0.25, -0.2) is 8.42 Å². The fourth-order valence-electron chi connectivity index (χ4n) is 2.91. The van der Waals surface area contributed by atoms with Crippen molar-refractivity contribution < 1.29 is 17.9 Å². The number of hydrogen-bond donors (Lipinski definition) is 0. The van der Waals surface area contributed by atoms with E-state index in [0.717, 1.165) is 13.0 Å². The molecule has 21 heavy (non-hydrogen) atoms. The Morgan fingerprint density at radius 1 is 1.29 bits per heavy atom. The maximum Gasteiger partial charge on any atom is 0.233 e. The Hall–Kier alpha value is -0.660. The van der Waals surface area contributed by atoms with E-state index in [2.05, 4.69) is 0 Å². The standard InChI is InChI=1S/C14H26N2O4S/c1-4-14(10-20-11-14)13(17)16(7-6-15(2)3)12-5-8-21(18,19)9-12/h12H,4-11H2,1-3H3. The largest absolute Gasteiger partial charge is 0.379 e. The van der Waals surface area contributed by atoms with Gasteiger partial charge in [0.25, 0.3) is 0 Å². The lowest BCUT2D eigenvalue weighted by Gasteiger charge is -2.44. The van der Waals surface area contributed by atoms with E-state index in [0.29, 0.717) is 26.2 Å². The molecule has 122 valence electrons. The summed E-state index contributed by atoms with van der Waals surface area (Å²) < 4.78 is 28.7. The molecule has 2 heterocycles. The van der Waals surface area contributed by atoms with Crippen molar-refractivity contribution in [2.75, 3.05) is 51.9 Å². The first-order valence-corrected chi connectivity index (χ1v) is 9.36. The average molecular weight is 318 g/mol. The minimum absolute atomic E-state index is 0.0696. The summed E-state index contributed by atoms with van der Waals surface area (Å²) >= 11 is 0. The van der Waals surface area contributed by atoms with Gasteiger partial charge in [0.2, 0.25) is 5.91 Å². The second kappa shape index (κ2) is 6.22. The van der Waals surface area contributed by atoms with Crippen LogP contribution < -0.4 is 0 Å². The highest BCUT2D eigenvalue weighted by Gasteiger charge is 2.48. The van der Waals surface area contributed by atoms with Gasteiger partial charge in [0.05, 0.1) is 30.1 Å². The maximum absolute atomic E-state index is 12.9. The Bertz CT molecular complexity index is 480. The minimum atomic E-state index is -2.99. The molecule has 0 aliphatic carbocycles. The third-order valence-electron chi connectivity index (χ3n) is 4.59. The molecule has 6 nitrogen and oxygen atoms in total. The van der Waals surface area contributed by atoms with E-state index in [4.69, 9.17) is 4.74 Å². The predicted molar refractivity (Wildman–Crippen MR) is 80.9 cm³/mol. The van der Waals surface area contributed by atoms with Crippen molar-refractivity contribution in [1.82, 2.24) is 9.80 Å². The summed E-state index contributed by atoms with van der Waals surface area (Å²) in [6, 6.07) is -0.175. The number of likely N-dealkylation sites (N-methyl/N-ethyl adjacent to an activating group) is 1. The van der Waals surface area contributed by atoms with E-state index >= 15 is 0 Å². The average Bonchev–Trinajstić information content (AvgIpc) is 2.69. The summed E-state index contributed by atoms with van der Waals surface area (Å²) in [5, 5.41) is 0. The van der Waals surface area contributed by atoms with Gasteiger partial charge in [-0.2, -0.15) is 0 Å². The molecule has 1 unspecified atom stereocenters. The monoisotopic (exact) mass is 318 g/mol. The molecule has 0 saturated carbocycles. The Labute approximate surface area is 127 Å². The fraction of sp³-hybridized carbons (Fsp3) is 0.929. The van der Waals surface area contributed by atoms with Crippen molar-refractivity contribution in [2.45, 2.75) is 25.8 Å². The molecule has 1 atom stereocenters. The summed E-state index contributed by atoms with van der Waals surface area (Å²) in [4.78, 5) is 16.7. The van der Waals surface area contributed by atoms with Crippen LogP contribution in [0.3, 0.4) is 0 Å². The third-order valence-corrected chi connectivity index (χ3v) is 6.34. The quantitative estimate of drug-likeness (QED) is 0.689. The predicted octanol–water partition coefficient (Wildman–Crippen LogP) is -0.00970. The first kappa shape index (κ1) is 16.7. The summed E-state index contributed by atoms with van der Waals surface area (Å²) in [7, 11) is 0.917. The lowest BCUT2D eigenvalue weighted by molar-refractivity contribution is -0.175. The Kier molecular flexibility index (Phi) is 4.95. The van der Waals surface area contributed by atoms with Crippen LogP contribution in [0.1, 0.15) is 19.8 Å². The molecule has 7 heteroatoms. The van der Waals surface area contributed by atoms with Gasteiger partial charge in [-0.05, 0) is 26.9 Å². The van der Waals surface area contributed by atoms with Crippen LogP contribution >= 0.6 is 0 Å². The first-order chi connectivity index (χ1) is 9.80. The molecule has 0 aromatic rings. The second-order valence-corrected chi connectivity index (χ2v) is 8.71. The maximum atomic E-state index is 12.9. The van der Waals surface area contributed by atoms with Crippen molar-refractivity contribution in [3.8, 4) is 0 Å². The summed E-state index contributed by atoms with van der Waals surface area (Å²) in [6.07, 6.45) is 1.30. The van der Waals surface area contributed by atoms with E-state index < -0.39 is 15.3 Å². The molecule has 2 fully saturated rings. The molecule has 2 aliphatic rings. The van der Waals surface area contributed by atoms with E-state index in [1.807, 2.05) is 25.9 Å². The molecular formula is C14H26N2O4S. The van der Waals surface area contributed by atoms with Gasteiger partial charge in [-0.3, -0.25) is 4.79 Å². The van der Waals surface area contributed by atoms with Gasteiger partial charge >= 0.3 is 0 Å². The topological polar surface area (TPSA) is 66.9 Å². The zero-order valence-corrected chi connectivity index (χ0v) is 14.0. The van der Waals surface area contributed by atoms with Crippen molar-refractivity contribution in [2.24, 2.45) is 5.41 Å². The molecule has 1 amide bonds. The van der Waals surface area contributed by atoms with Crippen LogP contribution in [0.4, 0.5) is 0 Å². The molecular weight excluding hydrogens is 292 g/mol. The lowest BCUT2D eigenvalue weighted by Crippen LogP contribution is -2.58. The van der Waals surface area contributed by atoms with E-state index in [1.165, 1.54) is 0 Å². The smallest absolute Gasteiger partial charge is 0.233 e. The molecule has 2 rings (SSSR count). The van der Waals surface area contributed by atoms with Crippen LogP contribution in [0.15, 0.2) is 0 Å². The Morgan fingerprint density at radius 3 is 2.33 bits per heavy atom. The number of ether oxygens (including phenoxy) is 1. The van der Waals surface area contributed by atoms with Crippen LogP contribution in [-0.2, 0) is 19.4 Å². The van der Waals surface area contributed by atoms with Crippen molar-refractivity contribution in [3.05, 3.63) is 0 Å². The Balaban J connectivity index is 2.14. The summed E-state index contributed by atoms with van der Waals surface area (Å²) in [5.74, 6) is 0.367. The lowest BCUT2D eigenvalue weighted by atomic mass is 9.81. The number of carbonyl (C=O) groups is 1. The number of nitrogens with zero attached hydrogens (tertiary/aromatic N) is 2. The Morgan fingerprint density at radius 2 is 1.95 bits per heavy atom. The third kappa shape index (κ3) is 3.57. The zero-order valence-electron chi connectivity index (χ0n) is 13.2. The highest BCUT2D eigenvalue weighted by atomic mass is 32.2. The highest BCUT2D eigenvalue weighted by molar-refractivity contribution is 7.91. The molecule has 0 radical (unpaired) electrons. The van der Waals surface area contributed by atoms with E-state index in [9.17, 15) is 13.2 Å². The second-order valence-electron chi connectivity index (χ2n) is 6.49. The molecule has 0 spiro atoms. The molecule has 2 aliphatic heterocycles. The molecule has 0 aromatic heterocycles. The molecule has 0 N–H and O–H groups in total. The van der Waals surface area contributed by atoms with Gasteiger partial charge in [0.15, 0.2) is 9.84 Å². The van der Waals surface area contributed by atoms with Crippen molar-refractivity contribution >= 4 is 15.7 Å². The minimum Gasteiger partial charge on any atom is -0.379 e. The van der Waals surface area contributed by atoms with E-state index in [-0.39, 0.29) is 23.5 Å². The van der Waals surface area contributed by atoms with Crippen LogP contribution in [0.25, 0.3) is 0 Å². The van der Waals surface area contributed by atoms with Gasteiger partial charge in [-0.1, -0.05) is 6.92 Å². The number of rotatable bonds is 6. The number of carbonyl (C=O) groups excluding carboxylic acids is 1. The van der Waals surface area contributed by atoms with Crippen LogP contribution in [0.5, 0.6) is 0 Å². The summed E-state index contributed by atoms with van der Waals surface area (Å²) in [6.45, 7) is 4.23. The number of amides is 1. The van der Waals surface area contributed by atoms with E-state index in [1.54, 1.807) is 4.90 Å². The van der Waals surface area contributed by atoms with Crippen LogP contribution in [0.2, 0.25) is 0 Å². The van der Waals surface area contributed by atoms with Crippen molar-refractivity contribution in [3.63, 3.8) is 0 Å². The number of sulfone groups is 1. The van der Waals surface area contributed by atoms with Gasteiger partial charge in [-0.15, -0.1) is 0 Å². The highest BCUT2D eigenvalue weighted by Crippen LogP contribution is 2.35. The molecule has 0 aromatic carbocycles. The number of hydrogen-bond acceptors (Lipinski definition) is 5. The van der Waals surface area contributed by atoms with Gasteiger partial charge in [0.1, 0.15) is 0 Å². The normalized spacial score (nSPS) is 26.6. The van der Waals surface area contributed by atoms with Crippen molar-refractivity contribution in [1.29, 1.82) is 0 Å². The van der Waals surface area contributed by atoms with Crippen LogP contribution in [-0.4, -0.2) is 82.1 Å².